The minimum absolute atomic E-state index is 0.0948. The molecule has 0 bridgehead atoms. The molecule has 0 aliphatic rings. The number of carbonyl (C=O) groups is 1. The fourth-order valence-corrected chi connectivity index (χ4v) is 5.08. The lowest BCUT2D eigenvalue weighted by molar-refractivity contribution is -0.119. The molecule has 7 heteroatoms. The number of rotatable bonds is 5. The van der Waals surface area contributed by atoms with Crippen LogP contribution in [0.2, 0.25) is 0 Å². The summed E-state index contributed by atoms with van der Waals surface area (Å²) >= 11 is 2.76. The van der Waals surface area contributed by atoms with Gasteiger partial charge in [-0.15, -0.1) is 11.3 Å². The highest BCUT2D eigenvalue weighted by Gasteiger charge is 2.19. The first-order valence-corrected chi connectivity index (χ1v) is 11.7. The monoisotopic (exact) mass is 449 g/mol. The first-order chi connectivity index (χ1) is 14.8. The number of nitrogens with one attached hydrogen (secondary N) is 1. The van der Waals surface area contributed by atoms with Crippen molar-refractivity contribution in [2.45, 2.75) is 31.5 Å². The number of hydrogen-bond acceptors (Lipinski definition) is 5. The van der Waals surface area contributed by atoms with E-state index in [9.17, 15) is 9.59 Å². The van der Waals surface area contributed by atoms with Crippen LogP contribution in [0.5, 0.6) is 0 Å². The topological polar surface area (TPSA) is 64.0 Å². The van der Waals surface area contributed by atoms with Crippen molar-refractivity contribution in [2.75, 3.05) is 5.75 Å². The van der Waals surface area contributed by atoms with Crippen LogP contribution in [0.4, 0.5) is 0 Å². The molecule has 0 fully saturated rings. The van der Waals surface area contributed by atoms with Crippen LogP contribution >= 0.6 is 23.1 Å². The number of aromatic nitrogens is 2. The molecule has 0 aliphatic carbocycles. The molecule has 0 atom stereocenters. The second kappa shape index (κ2) is 8.69. The van der Waals surface area contributed by atoms with E-state index in [4.69, 9.17) is 4.98 Å². The van der Waals surface area contributed by atoms with Crippen LogP contribution in [0, 0.1) is 0 Å². The van der Waals surface area contributed by atoms with Crippen LogP contribution in [-0.4, -0.2) is 26.8 Å². The zero-order valence-corrected chi connectivity index (χ0v) is 19.2. The fourth-order valence-electron chi connectivity index (χ4n) is 3.19. The van der Waals surface area contributed by atoms with E-state index in [1.165, 1.54) is 23.1 Å². The Kier molecular flexibility index (Phi) is 5.98. The van der Waals surface area contributed by atoms with Gasteiger partial charge >= 0.3 is 0 Å². The van der Waals surface area contributed by atoms with Gasteiger partial charge in [0.1, 0.15) is 4.83 Å². The number of thiophene rings is 1. The molecular formula is C24H23N3O2S2. The van der Waals surface area contributed by atoms with E-state index < -0.39 is 0 Å². The van der Waals surface area contributed by atoms with Gasteiger partial charge in [0, 0.05) is 10.4 Å². The van der Waals surface area contributed by atoms with Gasteiger partial charge in [0.25, 0.3) is 5.56 Å². The van der Waals surface area contributed by atoms with Crippen LogP contribution in [0.3, 0.4) is 0 Å². The number of fused-ring (bicyclic) bond motifs is 1. The van der Waals surface area contributed by atoms with Crippen molar-refractivity contribution in [3.8, 4) is 16.1 Å². The van der Waals surface area contributed by atoms with Gasteiger partial charge in [-0.1, -0.05) is 60.3 Å². The lowest BCUT2D eigenvalue weighted by atomic mass is 10.1. The van der Waals surface area contributed by atoms with Crippen molar-refractivity contribution in [1.82, 2.24) is 14.9 Å². The summed E-state index contributed by atoms with van der Waals surface area (Å²) in [6.07, 6.45) is 0. The summed E-state index contributed by atoms with van der Waals surface area (Å²) in [6, 6.07) is 21.3. The molecule has 31 heavy (non-hydrogen) atoms. The summed E-state index contributed by atoms with van der Waals surface area (Å²) in [5.41, 5.74) is 1.34. The first-order valence-electron chi connectivity index (χ1n) is 9.93. The lowest BCUT2D eigenvalue weighted by Gasteiger charge is -2.20. The molecule has 1 N–H and O–H groups in total. The van der Waals surface area contributed by atoms with Crippen LogP contribution in [0.15, 0.2) is 76.7 Å². The number of thioether (sulfide) groups is 1. The average molecular weight is 450 g/mol. The van der Waals surface area contributed by atoms with E-state index in [1.54, 1.807) is 4.57 Å². The third kappa shape index (κ3) is 4.89. The largest absolute Gasteiger partial charge is 0.351 e. The Labute approximate surface area is 189 Å². The molecule has 0 saturated heterocycles. The predicted molar refractivity (Wildman–Crippen MR) is 129 cm³/mol. The average Bonchev–Trinajstić information content (AvgIpc) is 3.17. The second-order valence-corrected chi connectivity index (χ2v) is 10.1. The molecule has 0 saturated carbocycles. The summed E-state index contributed by atoms with van der Waals surface area (Å²) in [5, 5.41) is 4.04. The van der Waals surface area contributed by atoms with E-state index in [1.807, 2.05) is 87.5 Å². The first kappa shape index (κ1) is 21.3. The van der Waals surface area contributed by atoms with E-state index in [0.29, 0.717) is 15.4 Å². The second-order valence-electron chi connectivity index (χ2n) is 8.15. The quantitative estimate of drug-likeness (QED) is 0.339. The molecule has 0 aliphatic heterocycles. The Morgan fingerprint density at radius 3 is 2.35 bits per heavy atom. The van der Waals surface area contributed by atoms with E-state index >= 15 is 0 Å². The van der Waals surface area contributed by atoms with E-state index in [-0.39, 0.29) is 22.8 Å². The number of para-hydroxylation sites is 1. The Morgan fingerprint density at radius 1 is 1.06 bits per heavy atom. The maximum atomic E-state index is 13.5. The van der Waals surface area contributed by atoms with Crippen LogP contribution in [0.1, 0.15) is 20.8 Å². The lowest BCUT2D eigenvalue weighted by Crippen LogP contribution is -2.41. The van der Waals surface area contributed by atoms with Gasteiger partial charge in [0.15, 0.2) is 5.16 Å². The van der Waals surface area contributed by atoms with Gasteiger partial charge in [-0.3, -0.25) is 14.2 Å². The van der Waals surface area contributed by atoms with Crippen LogP contribution < -0.4 is 10.9 Å². The number of carbonyl (C=O) groups excluding carboxylic acids is 1. The van der Waals surface area contributed by atoms with Gasteiger partial charge in [-0.25, -0.2) is 4.98 Å². The number of hydrogen-bond donors (Lipinski definition) is 1. The van der Waals surface area contributed by atoms with Gasteiger partial charge < -0.3 is 5.32 Å². The normalized spacial score (nSPS) is 11.6. The molecule has 1 amide bonds. The smallest absolute Gasteiger partial charge is 0.267 e. The number of nitrogens with zero attached hydrogens (tertiary/aromatic N) is 2. The standard InChI is InChI=1S/C24H23N3O2S2/c1-24(2,3)26-20(28)15-30-23-25-21-18(14-19(31-21)16-10-6-4-7-11-16)22(29)27(23)17-12-8-5-9-13-17/h4-14H,15H2,1-3H3,(H,26,28). The van der Waals surface area contributed by atoms with Crippen molar-refractivity contribution in [3.63, 3.8) is 0 Å². The fraction of sp³-hybridized carbons (Fsp3) is 0.208. The summed E-state index contributed by atoms with van der Waals surface area (Å²) < 4.78 is 1.60. The summed E-state index contributed by atoms with van der Waals surface area (Å²) in [4.78, 5) is 32.3. The Morgan fingerprint density at radius 2 is 1.71 bits per heavy atom. The zero-order valence-electron chi connectivity index (χ0n) is 17.6. The van der Waals surface area contributed by atoms with Crippen molar-refractivity contribution in [2.24, 2.45) is 0 Å². The van der Waals surface area contributed by atoms with Gasteiger partial charge in [-0.2, -0.15) is 0 Å². The minimum Gasteiger partial charge on any atom is -0.351 e. The minimum atomic E-state index is -0.313. The number of amides is 1. The van der Waals surface area contributed by atoms with E-state index in [0.717, 1.165) is 16.1 Å². The molecule has 2 aromatic carbocycles. The molecule has 2 aromatic heterocycles. The SMILES string of the molecule is CC(C)(C)NC(=O)CSc1nc2sc(-c3ccccc3)cc2c(=O)n1-c1ccccc1. The molecule has 0 radical (unpaired) electrons. The molecule has 5 nitrogen and oxygen atoms in total. The highest BCUT2D eigenvalue weighted by molar-refractivity contribution is 7.99. The van der Waals surface area contributed by atoms with Crippen LogP contribution in [-0.2, 0) is 4.79 Å². The zero-order chi connectivity index (χ0) is 22.0. The molecule has 4 aromatic rings. The van der Waals surface area contributed by atoms with Crippen molar-refractivity contribution >= 4 is 39.2 Å². The van der Waals surface area contributed by atoms with E-state index in [2.05, 4.69) is 5.32 Å². The summed E-state index contributed by atoms with van der Waals surface area (Å²) in [6.45, 7) is 5.82. The van der Waals surface area contributed by atoms with Gasteiger partial charge in [-0.05, 0) is 44.5 Å². The van der Waals surface area contributed by atoms with Crippen molar-refractivity contribution in [3.05, 3.63) is 77.1 Å². The van der Waals surface area contributed by atoms with Crippen molar-refractivity contribution < 1.29 is 4.79 Å². The predicted octanol–water partition coefficient (Wildman–Crippen LogP) is 5.12. The third-order valence-corrected chi connectivity index (χ3v) is 6.47. The maximum Gasteiger partial charge on any atom is 0.267 e. The highest BCUT2D eigenvalue weighted by Crippen LogP contribution is 2.32. The highest BCUT2D eigenvalue weighted by atomic mass is 32.2. The molecule has 0 unspecified atom stereocenters. The van der Waals surface area contributed by atoms with Gasteiger partial charge in [0.2, 0.25) is 5.91 Å². The Balaban J connectivity index is 1.79. The Hall–Kier alpha value is -2.90. The third-order valence-electron chi connectivity index (χ3n) is 4.45. The summed E-state index contributed by atoms with van der Waals surface area (Å²) in [5.74, 6) is 0.0847. The van der Waals surface area contributed by atoms with Crippen LogP contribution in [0.25, 0.3) is 26.3 Å². The summed E-state index contributed by atoms with van der Waals surface area (Å²) in [7, 11) is 0. The Bertz CT molecular complexity index is 1270. The van der Waals surface area contributed by atoms with Gasteiger partial charge in [0.05, 0.1) is 16.8 Å². The molecule has 2 heterocycles. The molecule has 4 rings (SSSR count). The maximum absolute atomic E-state index is 13.5. The number of benzene rings is 2. The van der Waals surface area contributed by atoms with Crippen molar-refractivity contribution in [1.29, 1.82) is 0 Å². The molecule has 158 valence electrons. The molecular weight excluding hydrogens is 426 g/mol. The molecule has 0 spiro atoms.